The van der Waals surface area contributed by atoms with Crippen molar-refractivity contribution in [2.45, 2.75) is 11.8 Å². The van der Waals surface area contributed by atoms with E-state index in [4.69, 9.17) is 0 Å². The first-order valence-corrected chi connectivity index (χ1v) is 6.14. The van der Waals surface area contributed by atoms with Gasteiger partial charge < -0.3 is 4.74 Å². The van der Waals surface area contributed by atoms with Crippen molar-refractivity contribution in [1.29, 1.82) is 0 Å². The molecular formula is C9H11FN2O4S. The zero-order valence-electron chi connectivity index (χ0n) is 8.94. The van der Waals surface area contributed by atoms with Crippen molar-refractivity contribution >= 4 is 16.1 Å². The largest absolute Gasteiger partial charge is 0.449 e. The van der Waals surface area contributed by atoms with Gasteiger partial charge >= 0.3 is 6.09 Å². The summed E-state index contributed by atoms with van der Waals surface area (Å²) >= 11 is 0. The second kappa shape index (κ2) is 5.60. The smallest absolute Gasteiger partial charge is 0.422 e. The third-order valence-corrected chi connectivity index (χ3v) is 2.91. The SMILES string of the molecule is CCOC(=O)NNS(=O)(=O)c1cccc(F)c1. The second-order valence-electron chi connectivity index (χ2n) is 2.91. The number of ether oxygens (including phenoxy) is 1. The number of carbonyl (C=O) groups is 1. The molecule has 0 saturated heterocycles. The van der Waals surface area contributed by atoms with E-state index in [0.717, 1.165) is 12.1 Å². The van der Waals surface area contributed by atoms with Crippen LogP contribution in [-0.2, 0) is 14.8 Å². The molecule has 1 aromatic rings. The number of sulfonamides is 1. The minimum Gasteiger partial charge on any atom is -0.449 e. The first-order chi connectivity index (χ1) is 7.95. The van der Waals surface area contributed by atoms with Gasteiger partial charge in [0.05, 0.1) is 11.5 Å². The molecule has 17 heavy (non-hydrogen) atoms. The highest BCUT2D eigenvalue weighted by molar-refractivity contribution is 7.89. The van der Waals surface area contributed by atoms with Crippen LogP contribution in [0.3, 0.4) is 0 Å². The second-order valence-corrected chi connectivity index (χ2v) is 4.59. The van der Waals surface area contributed by atoms with Gasteiger partial charge in [-0.1, -0.05) is 6.07 Å². The molecule has 1 rings (SSSR count). The Kier molecular flexibility index (Phi) is 4.41. The number of rotatable bonds is 4. The molecule has 0 spiro atoms. The van der Waals surface area contributed by atoms with Crippen LogP contribution in [0.2, 0.25) is 0 Å². The fourth-order valence-electron chi connectivity index (χ4n) is 0.969. The Balaban J connectivity index is 2.73. The van der Waals surface area contributed by atoms with E-state index in [1.165, 1.54) is 12.1 Å². The fourth-order valence-corrected chi connectivity index (χ4v) is 1.83. The van der Waals surface area contributed by atoms with Crippen LogP contribution in [0.5, 0.6) is 0 Å². The normalized spacial score (nSPS) is 10.9. The molecule has 2 N–H and O–H groups in total. The lowest BCUT2D eigenvalue weighted by molar-refractivity contribution is 0.150. The van der Waals surface area contributed by atoms with Gasteiger partial charge in [0.15, 0.2) is 0 Å². The first-order valence-electron chi connectivity index (χ1n) is 4.66. The lowest BCUT2D eigenvalue weighted by atomic mass is 10.4. The van der Waals surface area contributed by atoms with E-state index in [9.17, 15) is 17.6 Å². The Bertz CT molecular complexity index is 503. The third kappa shape index (κ3) is 4.00. The van der Waals surface area contributed by atoms with Crippen molar-refractivity contribution in [1.82, 2.24) is 10.3 Å². The number of hydrogen-bond donors (Lipinski definition) is 2. The summed E-state index contributed by atoms with van der Waals surface area (Å²) in [5, 5.41) is 0. The molecule has 0 aromatic heterocycles. The summed E-state index contributed by atoms with van der Waals surface area (Å²) in [6, 6.07) is 4.37. The van der Waals surface area contributed by atoms with E-state index in [-0.39, 0.29) is 11.5 Å². The lowest BCUT2D eigenvalue weighted by Crippen LogP contribution is -2.41. The molecule has 0 heterocycles. The zero-order valence-corrected chi connectivity index (χ0v) is 9.75. The number of benzene rings is 1. The fraction of sp³-hybridized carbons (Fsp3) is 0.222. The Hall–Kier alpha value is -1.67. The Morgan fingerprint density at radius 1 is 1.47 bits per heavy atom. The molecule has 0 aliphatic heterocycles. The van der Waals surface area contributed by atoms with Gasteiger partial charge in [-0.3, -0.25) is 0 Å². The molecule has 0 saturated carbocycles. The summed E-state index contributed by atoms with van der Waals surface area (Å²) in [5.41, 5.74) is 1.82. The molecule has 0 fully saturated rings. The molecule has 0 bridgehead atoms. The van der Waals surface area contributed by atoms with Gasteiger partial charge in [0.2, 0.25) is 0 Å². The summed E-state index contributed by atoms with van der Waals surface area (Å²) in [6.07, 6.45) is -0.938. The maximum Gasteiger partial charge on any atom is 0.422 e. The zero-order chi connectivity index (χ0) is 12.9. The van der Waals surface area contributed by atoms with Crippen LogP contribution in [0.4, 0.5) is 9.18 Å². The predicted octanol–water partition coefficient (Wildman–Crippen LogP) is 0.765. The van der Waals surface area contributed by atoms with Gasteiger partial charge in [-0.2, -0.15) is 0 Å². The van der Waals surface area contributed by atoms with E-state index in [0.29, 0.717) is 0 Å². The van der Waals surface area contributed by atoms with Gasteiger partial charge in [-0.25, -0.2) is 23.0 Å². The summed E-state index contributed by atoms with van der Waals surface area (Å²) in [6.45, 7) is 1.67. The highest BCUT2D eigenvalue weighted by atomic mass is 32.2. The number of carbonyl (C=O) groups excluding carboxylic acids is 1. The van der Waals surface area contributed by atoms with E-state index in [1.54, 1.807) is 11.8 Å². The van der Waals surface area contributed by atoms with Crippen molar-refractivity contribution < 1.29 is 22.3 Å². The van der Waals surface area contributed by atoms with Crippen LogP contribution >= 0.6 is 0 Å². The molecule has 1 amide bonds. The van der Waals surface area contributed by atoms with Crippen molar-refractivity contribution in [3.63, 3.8) is 0 Å². The lowest BCUT2D eigenvalue weighted by Gasteiger charge is -2.07. The van der Waals surface area contributed by atoms with Crippen LogP contribution in [0.25, 0.3) is 0 Å². The molecule has 0 aliphatic carbocycles. The average Bonchev–Trinajstić information content (AvgIpc) is 2.27. The monoisotopic (exact) mass is 262 g/mol. The van der Waals surface area contributed by atoms with Gasteiger partial charge in [0, 0.05) is 0 Å². The van der Waals surface area contributed by atoms with E-state index in [2.05, 4.69) is 4.74 Å². The van der Waals surface area contributed by atoms with Gasteiger partial charge in [0.1, 0.15) is 5.82 Å². The Morgan fingerprint density at radius 2 is 2.18 bits per heavy atom. The minimum absolute atomic E-state index is 0.105. The van der Waals surface area contributed by atoms with Gasteiger partial charge in [-0.05, 0) is 25.1 Å². The van der Waals surface area contributed by atoms with Crippen LogP contribution in [-0.4, -0.2) is 21.1 Å². The third-order valence-electron chi connectivity index (χ3n) is 1.67. The van der Waals surface area contributed by atoms with Crippen LogP contribution in [0.1, 0.15) is 6.92 Å². The van der Waals surface area contributed by atoms with Gasteiger partial charge in [0.25, 0.3) is 10.0 Å². The summed E-state index contributed by atoms with van der Waals surface area (Å²) in [5.74, 6) is -0.691. The van der Waals surface area contributed by atoms with Crippen molar-refractivity contribution in [2.75, 3.05) is 6.61 Å². The van der Waals surface area contributed by atoms with Crippen LogP contribution in [0.15, 0.2) is 29.2 Å². The first kappa shape index (κ1) is 13.4. The van der Waals surface area contributed by atoms with E-state index >= 15 is 0 Å². The minimum atomic E-state index is -4.00. The molecule has 1 aromatic carbocycles. The molecule has 0 radical (unpaired) electrons. The summed E-state index contributed by atoms with van der Waals surface area (Å²) in [7, 11) is -4.00. The van der Waals surface area contributed by atoms with Crippen molar-refractivity contribution in [3.05, 3.63) is 30.1 Å². The summed E-state index contributed by atoms with van der Waals surface area (Å²) in [4.78, 5) is 12.3. The van der Waals surface area contributed by atoms with Crippen LogP contribution < -0.4 is 10.3 Å². The highest BCUT2D eigenvalue weighted by Crippen LogP contribution is 2.09. The molecule has 94 valence electrons. The number of nitrogens with one attached hydrogen (secondary N) is 2. The Labute approximate surface area is 97.8 Å². The Morgan fingerprint density at radius 3 is 2.76 bits per heavy atom. The highest BCUT2D eigenvalue weighted by Gasteiger charge is 2.15. The molecular weight excluding hydrogens is 251 g/mol. The maximum absolute atomic E-state index is 12.8. The van der Waals surface area contributed by atoms with Crippen LogP contribution in [0, 0.1) is 5.82 Å². The van der Waals surface area contributed by atoms with E-state index in [1.807, 2.05) is 5.43 Å². The van der Waals surface area contributed by atoms with Crippen molar-refractivity contribution in [3.8, 4) is 0 Å². The number of halogens is 1. The molecule has 0 aliphatic rings. The van der Waals surface area contributed by atoms with E-state index < -0.39 is 21.9 Å². The maximum atomic E-state index is 12.8. The predicted molar refractivity (Wildman–Crippen MR) is 56.9 cm³/mol. The standard InChI is InChI=1S/C9H11FN2O4S/c1-2-16-9(13)11-12-17(14,15)8-5-3-4-7(10)6-8/h3-6,12H,2H2,1H3,(H,11,13). The van der Waals surface area contributed by atoms with Crippen molar-refractivity contribution in [2.24, 2.45) is 0 Å². The molecule has 8 heteroatoms. The number of hydrogen-bond acceptors (Lipinski definition) is 4. The molecule has 6 nitrogen and oxygen atoms in total. The molecule has 0 unspecified atom stereocenters. The summed E-state index contributed by atoms with van der Waals surface area (Å²) < 4.78 is 40.3. The van der Waals surface area contributed by atoms with Gasteiger partial charge in [-0.15, -0.1) is 4.83 Å². The topological polar surface area (TPSA) is 84.5 Å². The number of hydrazine groups is 1. The number of amides is 1. The average molecular weight is 262 g/mol. The molecule has 0 atom stereocenters. The quantitative estimate of drug-likeness (QED) is 0.785.